The Bertz CT molecular complexity index is 1020. The molecule has 0 unspecified atom stereocenters. The first-order chi connectivity index (χ1) is 11.5. The summed E-state index contributed by atoms with van der Waals surface area (Å²) in [6.07, 6.45) is -2.99. The molecule has 4 aromatic rings. The van der Waals surface area contributed by atoms with E-state index in [9.17, 15) is 17.6 Å². The summed E-state index contributed by atoms with van der Waals surface area (Å²) < 4.78 is 53.5. The third-order valence-electron chi connectivity index (χ3n) is 3.40. The van der Waals surface area contributed by atoms with E-state index < -0.39 is 24.2 Å². The number of H-pyrrole nitrogens is 1. The van der Waals surface area contributed by atoms with Crippen molar-refractivity contribution in [1.82, 2.24) is 39.6 Å². The zero-order valence-electron chi connectivity index (χ0n) is 11.7. The molecule has 0 aromatic carbocycles. The number of alkyl halides is 4. The summed E-state index contributed by atoms with van der Waals surface area (Å²) in [4.78, 5) is 8.29. The molecule has 0 aliphatic heterocycles. The fourth-order valence-corrected chi connectivity index (χ4v) is 2.35. The molecule has 0 aliphatic rings. The molecule has 0 aliphatic carbocycles. The van der Waals surface area contributed by atoms with Crippen LogP contribution in [0.1, 0.15) is 30.1 Å². The second kappa shape index (κ2) is 5.25. The third kappa shape index (κ3) is 2.26. The summed E-state index contributed by atoms with van der Waals surface area (Å²) in [7, 11) is 0. The molecule has 0 atom stereocenters. The first-order valence-corrected chi connectivity index (χ1v) is 6.70. The van der Waals surface area contributed by atoms with Crippen molar-refractivity contribution in [1.29, 1.82) is 0 Å². The Balaban J connectivity index is 1.76. The van der Waals surface area contributed by atoms with Crippen molar-refractivity contribution in [2.75, 3.05) is 0 Å². The van der Waals surface area contributed by atoms with Gasteiger partial charge in [-0.15, -0.1) is 5.10 Å². The van der Waals surface area contributed by atoms with Gasteiger partial charge in [-0.2, -0.15) is 10.2 Å². The number of aromatic nitrogens is 8. The smallest absolute Gasteiger partial charge is 0.261 e. The highest BCUT2D eigenvalue weighted by molar-refractivity contribution is 5.87. The Morgan fingerprint density at radius 3 is 2.71 bits per heavy atom. The zero-order chi connectivity index (χ0) is 16.8. The van der Waals surface area contributed by atoms with Crippen LogP contribution in [0.25, 0.3) is 16.7 Å². The van der Waals surface area contributed by atoms with Gasteiger partial charge in [-0.1, -0.05) is 0 Å². The summed E-state index contributed by atoms with van der Waals surface area (Å²) in [6.45, 7) is -0.270. The van der Waals surface area contributed by atoms with Crippen LogP contribution in [-0.4, -0.2) is 39.6 Å². The Kier molecular flexibility index (Phi) is 3.18. The number of hydrogen-bond acceptors (Lipinski definition) is 5. The topological polar surface area (TPSA) is 89.6 Å². The molecule has 0 fully saturated rings. The van der Waals surface area contributed by atoms with Crippen LogP contribution in [0, 0.1) is 0 Å². The number of rotatable bonds is 4. The van der Waals surface area contributed by atoms with Crippen molar-refractivity contribution < 1.29 is 17.6 Å². The molecule has 0 bridgehead atoms. The van der Waals surface area contributed by atoms with Gasteiger partial charge < -0.3 is 0 Å². The molecule has 8 nitrogen and oxygen atoms in total. The van der Waals surface area contributed by atoms with E-state index in [1.165, 1.54) is 17.0 Å². The monoisotopic (exact) mass is 340 g/mol. The maximum atomic E-state index is 13.0. The van der Waals surface area contributed by atoms with Gasteiger partial charge in [0.2, 0.25) is 0 Å². The van der Waals surface area contributed by atoms with Gasteiger partial charge in [-0.25, -0.2) is 32.0 Å². The summed E-state index contributed by atoms with van der Waals surface area (Å²) >= 11 is 0. The summed E-state index contributed by atoms with van der Waals surface area (Å²) in [6, 6.07) is 0.682. The Labute approximate surface area is 130 Å². The van der Waals surface area contributed by atoms with Crippen molar-refractivity contribution in [3.05, 3.63) is 35.8 Å². The number of aromatic amines is 1. The van der Waals surface area contributed by atoms with Crippen LogP contribution in [0.5, 0.6) is 0 Å². The molecule has 12 heteroatoms. The molecule has 0 amide bonds. The minimum Gasteiger partial charge on any atom is -0.261 e. The normalized spacial score (nSPS) is 12.2. The van der Waals surface area contributed by atoms with Crippen LogP contribution in [0.3, 0.4) is 0 Å². The summed E-state index contributed by atoms with van der Waals surface area (Å²) in [5.74, 6) is 0.135. The third-order valence-corrected chi connectivity index (χ3v) is 3.40. The molecular formula is C12H8F4N8. The quantitative estimate of drug-likeness (QED) is 0.575. The van der Waals surface area contributed by atoms with Crippen LogP contribution < -0.4 is 0 Å². The van der Waals surface area contributed by atoms with E-state index in [4.69, 9.17) is 0 Å². The van der Waals surface area contributed by atoms with E-state index in [1.807, 2.05) is 0 Å². The fraction of sp³-hybridized carbons (Fsp3) is 0.250. The van der Waals surface area contributed by atoms with E-state index in [0.717, 1.165) is 4.68 Å². The van der Waals surface area contributed by atoms with Gasteiger partial charge in [0, 0.05) is 0 Å². The first kappa shape index (κ1) is 14.5. The lowest BCUT2D eigenvalue weighted by Gasteiger charge is -2.03. The van der Waals surface area contributed by atoms with Crippen LogP contribution in [-0.2, 0) is 6.54 Å². The first-order valence-electron chi connectivity index (χ1n) is 6.70. The second-order valence-electron chi connectivity index (χ2n) is 4.93. The zero-order valence-corrected chi connectivity index (χ0v) is 11.7. The van der Waals surface area contributed by atoms with Crippen LogP contribution in [0.4, 0.5) is 17.6 Å². The Hall–Kier alpha value is -3.05. The standard InChI is InChI=1S/C12H8F4N8/c13-9(14)6-1-7(10(15)16)23(21-6)3-8-19-12-5-2-18-20-11(5)17-4-24(12)22-8/h1-2,4,9-10H,3H2,(H,18,20). The average Bonchev–Trinajstić information content (AvgIpc) is 3.23. The van der Waals surface area contributed by atoms with E-state index in [2.05, 4.69) is 30.4 Å². The molecule has 0 saturated carbocycles. The number of nitrogens with zero attached hydrogens (tertiary/aromatic N) is 7. The molecule has 4 aromatic heterocycles. The molecule has 0 spiro atoms. The number of fused-ring (bicyclic) bond motifs is 3. The maximum Gasteiger partial charge on any atom is 0.282 e. The molecule has 4 rings (SSSR count). The molecule has 124 valence electrons. The predicted molar refractivity (Wildman–Crippen MR) is 71.7 cm³/mol. The Morgan fingerprint density at radius 2 is 1.96 bits per heavy atom. The second-order valence-corrected chi connectivity index (χ2v) is 4.93. The largest absolute Gasteiger partial charge is 0.282 e. The molecule has 0 saturated heterocycles. The highest BCUT2D eigenvalue weighted by atomic mass is 19.3. The lowest BCUT2D eigenvalue weighted by atomic mass is 10.3. The molecule has 4 heterocycles. The highest BCUT2D eigenvalue weighted by Crippen LogP contribution is 2.25. The number of hydrogen-bond donors (Lipinski definition) is 1. The summed E-state index contributed by atoms with van der Waals surface area (Å²) in [5, 5.41) is 14.7. The number of halogens is 4. The van der Waals surface area contributed by atoms with Gasteiger partial charge in [-0.05, 0) is 6.07 Å². The predicted octanol–water partition coefficient (Wildman–Crippen LogP) is 2.12. The van der Waals surface area contributed by atoms with Crippen molar-refractivity contribution in [2.45, 2.75) is 19.4 Å². The van der Waals surface area contributed by atoms with Gasteiger partial charge in [0.15, 0.2) is 17.1 Å². The van der Waals surface area contributed by atoms with Crippen LogP contribution in [0.2, 0.25) is 0 Å². The van der Waals surface area contributed by atoms with E-state index in [-0.39, 0.29) is 12.4 Å². The van der Waals surface area contributed by atoms with Crippen molar-refractivity contribution in [2.24, 2.45) is 0 Å². The fourth-order valence-electron chi connectivity index (χ4n) is 2.35. The number of nitrogens with one attached hydrogen (secondary N) is 1. The maximum absolute atomic E-state index is 13.0. The van der Waals surface area contributed by atoms with Crippen molar-refractivity contribution in [3.63, 3.8) is 0 Å². The van der Waals surface area contributed by atoms with E-state index >= 15 is 0 Å². The molecule has 1 N–H and O–H groups in total. The van der Waals surface area contributed by atoms with Crippen LogP contribution in [0.15, 0.2) is 18.6 Å². The van der Waals surface area contributed by atoms with Gasteiger partial charge in [0.05, 0.1) is 11.6 Å². The lowest BCUT2D eigenvalue weighted by molar-refractivity contribution is 0.139. The van der Waals surface area contributed by atoms with Gasteiger partial charge >= 0.3 is 0 Å². The van der Waals surface area contributed by atoms with E-state index in [0.29, 0.717) is 22.7 Å². The Morgan fingerprint density at radius 1 is 1.12 bits per heavy atom. The van der Waals surface area contributed by atoms with Gasteiger partial charge in [0.1, 0.15) is 24.3 Å². The molecule has 24 heavy (non-hydrogen) atoms. The van der Waals surface area contributed by atoms with Crippen molar-refractivity contribution >= 4 is 16.7 Å². The van der Waals surface area contributed by atoms with Crippen LogP contribution >= 0.6 is 0 Å². The van der Waals surface area contributed by atoms with Gasteiger partial charge in [0.25, 0.3) is 12.9 Å². The SMILES string of the molecule is FC(F)c1cc(C(F)F)n(Cc2nc3c4cn[nH]c4ncn3n2)n1. The molecule has 0 radical (unpaired) electrons. The molecular weight excluding hydrogens is 332 g/mol. The summed E-state index contributed by atoms with van der Waals surface area (Å²) in [5.41, 5.74) is -0.416. The minimum absolute atomic E-state index is 0.135. The minimum atomic E-state index is -2.94. The van der Waals surface area contributed by atoms with Gasteiger partial charge in [-0.3, -0.25) is 9.78 Å². The highest BCUT2D eigenvalue weighted by Gasteiger charge is 2.22. The van der Waals surface area contributed by atoms with Crippen molar-refractivity contribution in [3.8, 4) is 0 Å². The average molecular weight is 340 g/mol. The lowest BCUT2D eigenvalue weighted by Crippen LogP contribution is -2.08. The van der Waals surface area contributed by atoms with E-state index in [1.54, 1.807) is 0 Å².